The van der Waals surface area contributed by atoms with Crippen molar-refractivity contribution < 1.29 is 14.0 Å². The van der Waals surface area contributed by atoms with Gasteiger partial charge in [-0.05, 0) is 18.6 Å². The summed E-state index contributed by atoms with van der Waals surface area (Å²) >= 11 is 0. The molecule has 0 aliphatic carbocycles. The van der Waals surface area contributed by atoms with Crippen molar-refractivity contribution in [2.75, 3.05) is 6.61 Å². The van der Waals surface area contributed by atoms with E-state index in [-0.39, 0.29) is 23.9 Å². The molecular formula is C11H12FN3O2. The van der Waals surface area contributed by atoms with Gasteiger partial charge in [0.2, 0.25) is 11.7 Å². The summed E-state index contributed by atoms with van der Waals surface area (Å²) in [6.45, 7) is -0.0709. The fraction of sp³-hybridized carbons (Fsp3) is 0.273. The number of aliphatic hydroxyl groups excluding tert-OH is 1. The normalized spacial score (nSPS) is 12.6. The number of benzene rings is 1. The van der Waals surface area contributed by atoms with Crippen LogP contribution in [0.2, 0.25) is 0 Å². The van der Waals surface area contributed by atoms with Gasteiger partial charge in [-0.25, -0.2) is 4.39 Å². The lowest BCUT2D eigenvalue weighted by atomic mass is 10.2. The fourth-order valence-electron chi connectivity index (χ4n) is 1.40. The van der Waals surface area contributed by atoms with E-state index in [1.165, 1.54) is 6.07 Å². The van der Waals surface area contributed by atoms with Crippen LogP contribution in [0.3, 0.4) is 0 Å². The first-order chi connectivity index (χ1) is 8.22. The van der Waals surface area contributed by atoms with E-state index < -0.39 is 11.9 Å². The monoisotopic (exact) mass is 237 g/mol. The van der Waals surface area contributed by atoms with Gasteiger partial charge in [-0.1, -0.05) is 17.3 Å². The Morgan fingerprint density at radius 2 is 2.18 bits per heavy atom. The summed E-state index contributed by atoms with van der Waals surface area (Å²) in [5.41, 5.74) is 5.95. The molecule has 0 aliphatic heterocycles. The molecule has 0 fully saturated rings. The van der Waals surface area contributed by atoms with Crippen molar-refractivity contribution in [3.8, 4) is 11.4 Å². The standard InChI is InChI=1S/C11H12FN3O2/c12-8-4-2-1-3-7(8)10-14-11(17-15-10)9(13)5-6-16/h1-4,9,16H,5-6,13H2. The van der Waals surface area contributed by atoms with Gasteiger partial charge in [0.05, 0.1) is 11.6 Å². The van der Waals surface area contributed by atoms with Crippen LogP contribution in [-0.4, -0.2) is 21.9 Å². The molecule has 0 saturated carbocycles. The lowest BCUT2D eigenvalue weighted by molar-refractivity contribution is 0.259. The second-order valence-electron chi connectivity index (χ2n) is 3.55. The first-order valence-electron chi connectivity index (χ1n) is 5.17. The Balaban J connectivity index is 2.27. The Bertz CT molecular complexity index is 501. The van der Waals surface area contributed by atoms with Crippen LogP contribution >= 0.6 is 0 Å². The first-order valence-corrected chi connectivity index (χ1v) is 5.17. The van der Waals surface area contributed by atoms with Gasteiger partial charge < -0.3 is 15.4 Å². The Labute approximate surface area is 97.1 Å². The smallest absolute Gasteiger partial charge is 0.243 e. The summed E-state index contributed by atoms with van der Waals surface area (Å²) < 4.78 is 18.4. The van der Waals surface area contributed by atoms with E-state index in [0.29, 0.717) is 6.42 Å². The minimum atomic E-state index is -0.534. The van der Waals surface area contributed by atoms with Crippen LogP contribution in [0, 0.1) is 5.82 Å². The van der Waals surface area contributed by atoms with Gasteiger partial charge >= 0.3 is 0 Å². The summed E-state index contributed by atoms with van der Waals surface area (Å²) in [5, 5.41) is 12.4. The molecule has 90 valence electrons. The number of aromatic nitrogens is 2. The summed E-state index contributed by atoms with van der Waals surface area (Å²) in [7, 11) is 0. The van der Waals surface area contributed by atoms with Crippen LogP contribution in [0.1, 0.15) is 18.4 Å². The van der Waals surface area contributed by atoms with E-state index in [1.807, 2.05) is 0 Å². The maximum Gasteiger partial charge on any atom is 0.243 e. The number of hydrogen-bond acceptors (Lipinski definition) is 5. The molecule has 0 bridgehead atoms. The third-order valence-electron chi connectivity index (χ3n) is 2.31. The van der Waals surface area contributed by atoms with Crippen LogP contribution in [0.25, 0.3) is 11.4 Å². The van der Waals surface area contributed by atoms with E-state index in [1.54, 1.807) is 18.2 Å². The molecule has 5 nitrogen and oxygen atoms in total. The average molecular weight is 237 g/mol. The first kappa shape index (κ1) is 11.7. The van der Waals surface area contributed by atoms with Crippen molar-refractivity contribution in [3.05, 3.63) is 36.0 Å². The molecule has 2 aromatic rings. The molecule has 1 aromatic heterocycles. The topological polar surface area (TPSA) is 85.2 Å². The highest BCUT2D eigenvalue weighted by atomic mass is 19.1. The Morgan fingerprint density at radius 3 is 2.88 bits per heavy atom. The summed E-state index contributed by atoms with van der Waals surface area (Å²) in [5.74, 6) is -0.0700. The van der Waals surface area contributed by atoms with Crippen molar-refractivity contribution in [2.24, 2.45) is 5.73 Å². The summed E-state index contributed by atoms with van der Waals surface area (Å²) in [6, 6.07) is 5.60. The predicted octanol–water partition coefficient (Wildman–Crippen LogP) is 1.26. The Kier molecular flexibility index (Phi) is 3.46. The molecule has 0 aliphatic rings. The second kappa shape index (κ2) is 5.03. The maximum atomic E-state index is 13.4. The highest BCUT2D eigenvalue weighted by Gasteiger charge is 2.16. The zero-order valence-electron chi connectivity index (χ0n) is 9.01. The summed E-state index contributed by atoms with van der Waals surface area (Å²) in [4.78, 5) is 4.01. The molecule has 1 heterocycles. The van der Waals surface area contributed by atoms with Crippen LogP contribution in [0.5, 0.6) is 0 Å². The van der Waals surface area contributed by atoms with Crippen molar-refractivity contribution in [1.82, 2.24) is 10.1 Å². The average Bonchev–Trinajstić information content (AvgIpc) is 2.79. The molecule has 6 heteroatoms. The number of nitrogens with zero attached hydrogens (tertiary/aromatic N) is 2. The van der Waals surface area contributed by atoms with E-state index in [0.717, 1.165) is 0 Å². The highest BCUT2D eigenvalue weighted by molar-refractivity contribution is 5.54. The molecule has 1 atom stereocenters. The zero-order chi connectivity index (χ0) is 12.3. The summed E-state index contributed by atoms with van der Waals surface area (Å²) in [6.07, 6.45) is 0.318. The van der Waals surface area contributed by atoms with Gasteiger partial charge in [0.15, 0.2) is 0 Å². The number of nitrogens with two attached hydrogens (primary N) is 1. The zero-order valence-corrected chi connectivity index (χ0v) is 9.01. The van der Waals surface area contributed by atoms with E-state index >= 15 is 0 Å². The van der Waals surface area contributed by atoms with Gasteiger partial charge in [-0.3, -0.25) is 0 Å². The molecule has 1 unspecified atom stereocenters. The van der Waals surface area contributed by atoms with Gasteiger partial charge in [-0.15, -0.1) is 0 Å². The highest BCUT2D eigenvalue weighted by Crippen LogP contribution is 2.21. The van der Waals surface area contributed by atoms with Crippen molar-refractivity contribution in [3.63, 3.8) is 0 Å². The lowest BCUT2D eigenvalue weighted by Gasteiger charge is -2.01. The molecule has 3 N–H and O–H groups in total. The predicted molar refractivity (Wildman–Crippen MR) is 58.3 cm³/mol. The Hall–Kier alpha value is -1.79. The molecule has 0 saturated heterocycles. The fourth-order valence-corrected chi connectivity index (χ4v) is 1.40. The van der Waals surface area contributed by atoms with Crippen LogP contribution < -0.4 is 5.73 Å². The van der Waals surface area contributed by atoms with Crippen molar-refractivity contribution in [1.29, 1.82) is 0 Å². The molecule has 1 aromatic carbocycles. The van der Waals surface area contributed by atoms with E-state index in [9.17, 15) is 4.39 Å². The number of rotatable bonds is 4. The minimum absolute atomic E-state index is 0.0709. The third-order valence-corrected chi connectivity index (χ3v) is 2.31. The molecule has 2 rings (SSSR count). The van der Waals surface area contributed by atoms with E-state index in [2.05, 4.69) is 10.1 Å². The lowest BCUT2D eigenvalue weighted by Crippen LogP contribution is -2.12. The van der Waals surface area contributed by atoms with Gasteiger partial charge in [0.1, 0.15) is 5.82 Å². The van der Waals surface area contributed by atoms with Crippen LogP contribution in [0.4, 0.5) is 4.39 Å². The molecule has 0 spiro atoms. The minimum Gasteiger partial charge on any atom is -0.396 e. The van der Waals surface area contributed by atoms with Gasteiger partial charge in [-0.2, -0.15) is 4.98 Å². The number of halogens is 1. The molecule has 0 radical (unpaired) electrons. The quantitative estimate of drug-likeness (QED) is 0.836. The number of aliphatic hydroxyl groups is 1. The van der Waals surface area contributed by atoms with Gasteiger partial charge in [0, 0.05) is 6.61 Å². The molecule has 0 amide bonds. The molecule has 17 heavy (non-hydrogen) atoms. The third kappa shape index (κ3) is 2.48. The largest absolute Gasteiger partial charge is 0.396 e. The second-order valence-corrected chi connectivity index (χ2v) is 3.55. The van der Waals surface area contributed by atoms with E-state index in [4.69, 9.17) is 15.4 Å². The van der Waals surface area contributed by atoms with Crippen LogP contribution in [0.15, 0.2) is 28.8 Å². The van der Waals surface area contributed by atoms with Crippen molar-refractivity contribution in [2.45, 2.75) is 12.5 Å². The van der Waals surface area contributed by atoms with Crippen molar-refractivity contribution >= 4 is 0 Å². The number of hydrogen-bond donors (Lipinski definition) is 2. The molecular weight excluding hydrogens is 225 g/mol. The Morgan fingerprint density at radius 1 is 1.41 bits per heavy atom. The maximum absolute atomic E-state index is 13.4. The van der Waals surface area contributed by atoms with Gasteiger partial charge in [0.25, 0.3) is 0 Å². The van der Waals surface area contributed by atoms with Crippen LogP contribution in [-0.2, 0) is 0 Å². The SMILES string of the molecule is NC(CCO)c1nc(-c2ccccc2F)no1.